The lowest BCUT2D eigenvalue weighted by atomic mass is 10.4. The van der Waals surface area contributed by atoms with E-state index in [-0.39, 0.29) is 0 Å². The molecule has 66 valence electrons. The highest BCUT2D eigenvalue weighted by molar-refractivity contribution is 5.92. The van der Waals surface area contributed by atoms with Gasteiger partial charge < -0.3 is 5.73 Å². The average molecular weight is 169 g/mol. The molecule has 0 fully saturated rings. The molecule has 5 nitrogen and oxygen atoms in total. The lowest BCUT2D eigenvalue weighted by molar-refractivity contribution is 0.1000. The van der Waals surface area contributed by atoms with Crippen LogP contribution in [0.1, 0.15) is 10.4 Å². The van der Waals surface area contributed by atoms with Crippen LogP contribution in [0.4, 0.5) is 0 Å². The van der Waals surface area contributed by atoms with Gasteiger partial charge in [0, 0.05) is 0 Å². The predicted octanol–water partition coefficient (Wildman–Crippen LogP) is -0.690. The zero-order valence-electron chi connectivity index (χ0n) is 7.48. The zero-order chi connectivity index (χ0) is 9.35. The topological polar surface area (TPSA) is 60.9 Å². The fourth-order valence-electron chi connectivity index (χ4n) is 0.768. The fraction of sp³-hybridized carbons (Fsp3) is 0.429. The molecule has 0 aliphatic carbocycles. The molecule has 0 aromatic carbocycles. The number of primary amides is 1. The molecule has 5 heteroatoms. The average Bonchev–Trinajstić information content (AvgIpc) is 2.30. The molecule has 0 saturated carbocycles. The largest absolute Gasteiger partial charge is 0.365 e. The maximum absolute atomic E-state index is 10.7. The molecule has 0 aliphatic rings. The second-order valence-electron chi connectivity index (χ2n) is 3.46. The van der Waals surface area contributed by atoms with Gasteiger partial charge in [0.2, 0.25) is 0 Å². The Labute approximate surface area is 70.9 Å². The van der Waals surface area contributed by atoms with Crippen molar-refractivity contribution < 1.29 is 4.79 Å². The highest BCUT2D eigenvalue weighted by Gasteiger charge is 2.13. The van der Waals surface area contributed by atoms with Crippen LogP contribution in [-0.2, 0) is 0 Å². The van der Waals surface area contributed by atoms with Gasteiger partial charge in [-0.3, -0.25) is 4.79 Å². The smallest absolute Gasteiger partial charge is 0.252 e. The van der Waals surface area contributed by atoms with Gasteiger partial charge in [0.1, 0.15) is 0 Å². The van der Waals surface area contributed by atoms with E-state index in [1.54, 1.807) is 11.0 Å². The summed E-state index contributed by atoms with van der Waals surface area (Å²) >= 11 is 0. The van der Waals surface area contributed by atoms with Crippen molar-refractivity contribution in [3.63, 3.8) is 0 Å². The first-order valence-electron chi connectivity index (χ1n) is 3.58. The number of nitrogens with zero attached hydrogens (tertiary/aromatic N) is 3. The number of carbonyl (C=O) groups is 1. The molecule has 0 radical (unpaired) electrons. The first-order valence-corrected chi connectivity index (χ1v) is 3.58. The second-order valence-corrected chi connectivity index (χ2v) is 3.46. The maximum Gasteiger partial charge on any atom is 0.252 e. The van der Waals surface area contributed by atoms with Gasteiger partial charge >= 0.3 is 0 Å². The van der Waals surface area contributed by atoms with Crippen LogP contribution in [0, 0.1) is 0 Å². The van der Waals surface area contributed by atoms with Gasteiger partial charge in [0.15, 0.2) is 0 Å². The summed E-state index contributed by atoms with van der Waals surface area (Å²) in [5.74, 6) is -0.449. The molecule has 1 amide bonds. The molecule has 12 heavy (non-hydrogen) atoms. The number of aromatic nitrogens is 2. The number of rotatable bonds is 2. The molecule has 2 N–H and O–H groups in total. The normalized spacial score (nSPS) is 11.6. The first-order chi connectivity index (χ1) is 5.41. The Kier molecular flexibility index (Phi) is 1.89. The molecule has 0 saturated heterocycles. The van der Waals surface area contributed by atoms with Crippen LogP contribution < -0.4 is 10.3 Å². The summed E-state index contributed by atoms with van der Waals surface area (Å²) in [5.41, 5.74) is 5.50. The summed E-state index contributed by atoms with van der Waals surface area (Å²) in [6, 6.07) is 0. The second kappa shape index (κ2) is 2.60. The van der Waals surface area contributed by atoms with Gasteiger partial charge in [-0.25, -0.2) is 4.59 Å². The lowest BCUT2D eigenvalue weighted by Gasteiger charge is -2.21. The Morgan fingerprint density at radius 2 is 2.17 bits per heavy atom. The molecule has 1 aromatic heterocycles. The van der Waals surface area contributed by atoms with Crippen molar-refractivity contribution in [2.45, 2.75) is 0 Å². The van der Waals surface area contributed by atoms with E-state index in [4.69, 9.17) is 5.73 Å². The summed E-state index contributed by atoms with van der Waals surface area (Å²) in [5, 5.41) is 4.00. The van der Waals surface area contributed by atoms with E-state index in [1.807, 2.05) is 21.1 Å². The quantitative estimate of drug-likeness (QED) is 0.596. The minimum absolute atomic E-state index is 0.433. The Morgan fingerprint density at radius 1 is 1.58 bits per heavy atom. The summed E-state index contributed by atoms with van der Waals surface area (Å²) < 4.78 is 0.507. The molecule has 0 unspecified atom stereocenters. The third-order valence-electron chi connectivity index (χ3n) is 1.47. The minimum atomic E-state index is -0.449. The fourth-order valence-corrected chi connectivity index (χ4v) is 0.768. The van der Waals surface area contributed by atoms with Crippen molar-refractivity contribution in [3.8, 4) is 0 Å². The van der Waals surface area contributed by atoms with Crippen molar-refractivity contribution in [2.24, 2.45) is 5.73 Å². The van der Waals surface area contributed by atoms with Gasteiger partial charge in [-0.1, -0.05) is 0 Å². The molecule has 0 aliphatic heterocycles. The molecular weight excluding hydrogens is 156 g/mol. The van der Waals surface area contributed by atoms with E-state index in [9.17, 15) is 4.79 Å². The summed E-state index contributed by atoms with van der Waals surface area (Å²) in [6.45, 7) is 0. The number of hydrogen-bond acceptors (Lipinski definition) is 2. The van der Waals surface area contributed by atoms with Crippen LogP contribution >= 0.6 is 0 Å². The maximum atomic E-state index is 10.7. The van der Waals surface area contributed by atoms with Gasteiger partial charge in [-0.05, 0) is 0 Å². The van der Waals surface area contributed by atoms with E-state index in [2.05, 4.69) is 5.10 Å². The molecule has 1 rings (SSSR count). The molecule has 0 bridgehead atoms. The van der Waals surface area contributed by atoms with Crippen LogP contribution in [0.25, 0.3) is 0 Å². The van der Waals surface area contributed by atoms with Gasteiger partial charge in [-0.2, -0.15) is 0 Å². The van der Waals surface area contributed by atoms with Crippen LogP contribution in [0.15, 0.2) is 12.4 Å². The van der Waals surface area contributed by atoms with Crippen LogP contribution in [-0.4, -0.2) is 36.9 Å². The molecule has 1 aromatic rings. The predicted molar refractivity (Wildman–Crippen MR) is 46.0 cm³/mol. The Balaban J connectivity index is 3.00. The van der Waals surface area contributed by atoms with Gasteiger partial charge in [0.25, 0.3) is 5.91 Å². The van der Waals surface area contributed by atoms with Gasteiger partial charge in [0.05, 0.1) is 39.1 Å². The van der Waals surface area contributed by atoms with Crippen LogP contribution in [0.3, 0.4) is 0 Å². The molecule has 0 spiro atoms. The lowest BCUT2D eigenvalue weighted by Crippen LogP contribution is -2.46. The summed E-state index contributed by atoms with van der Waals surface area (Å²) in [6.07, 6.45) is 3.09. The zero-order valence-corrected chi connectivity index (χ0v) is 7.48. The Bertz CT molecular complexity index is 297. The van der Waals surface area contributed by atoms with E-state index in [0.717, 1.165) is 0 Å². The molecular formula is C7H13N4O+. The third-order valence-corrected chi connectivity index (χ3v) is 1.47. The van der Waals surface area contributed by atoms with E-state index < -0.39 is 5.91 Å². The molecule has 1 heterocycles. The number of nitrogens with two attached hydrogens (primary N) is 1. The summed E-state index contributed by atoms with van der Waals surface area (Å²) in [7, 11) is 5.83. The highest BCUT2D eigenvalue weighted by atomic mass is 16.1. The van der Waals surface area contributed by atoms with Crippen molar-refractivity contribution in [1.82, 2.24) is 14.5 Å². The summed E-state index contributed by atoms with van der Waals surface area (Å²) in [4.78, 5) is 12.4. The standard InChI is InChI=1S/C7H12N4O/c1-11(2,3)10-5-6(4-9-10)7(8)12/h4-5H,1-3H3,(H-,8,12)/p+1. The van der Waals surface area contributed by atoms with Crippen molar-refractivity contribution in [2.75, 3.05) is 21.1 Å². The third kappa shape index (κ3) is 1.62. The number of quaternary nitrogens is 1. The van der Waals surface area contributed by atoms with Crippen LogP contribution in [0.5, 0.6) is 0 Å². The monoisotopic (exact) mass is 169 g/mol. The number of hydrogen-bond donors (Lipinski definition) is 1. The van der Waals surface area contributed by atoms with Crippen molar-refractivity contribution >= 4 is 5.91 Å². The van der Waals surface area contributed by atoms with E-state index in [1.165, 1.54) is 6.20 Å². The Hall–Kier alpha value is -1.36. The molecule has 0 atom stereocenters. The van der Waals surface area contributed by atoms with Crippen LogP contribution in [0.2, 0.25) is 0 Å². The van der Waals surface area contributed by atoms with Crippen molar-refractivity contribution in [1.29, 1.82) is 0 Å². The Morgan fingerprint density at radius 3 is 2.42 bits per heavy atom. The first kappa shape index (κ1) is 8.73. The van der Waals surface area contributed by atoms with E-state index in [0.29, 0.717) is 10.2 Å². The minimum Gasteiger partial charge on any atom is -0.365 e. The van der Waals surface area contributed by atoms with Crippen molar-refractivity contribution in [3.05, 3.63) is 18.0 Å². The highest BCUT2D eigenvalue weighted by Crippen LogP contribution is 1.98. The van der Waals surface area contributed by atoms with Gasteiger partial charge in [-0.15, -0.1) is 9.89 Å². The SMILES string of the molecule is C[N+](C)(C)n1cc(C(N)=O)cn1. The number of amides is 1. The number of carbonyl (C=O) groups excluding carboxylic acids is 1. The van der Waals surface area contributed by atoms with E-state index >= 15 is 0 Å².